The number of benzene rings is 1. The van der Waals surface area contributed by atoms with Crippen molar-refractivity contribution in [1.82, 2.24) is 0 Å². The Hall–Kier alpha value is -1.26. The summed E-state index contributed by atoms with van der Waals surface area (Å²) < 4.78 is 24.4. The highest BCUT2D eigenvalue weighted by atomic mass is 19.1. The summed E-state index contributed by atoms with van der Waals surface area (Å²) in [6, 6.07) is 4.78. The van der Waals surface area contributed by atoms with E-state index < -0.39 is 6.29 Å². The van der Waals surface area contributed by atoms with Gasteiger partial charge < -0.3 is 9.47 Å². The Kier molecular flexibility index (Phi) is 4.09. The van der Waals surface area contributed by atoms with Gasteiger partial charge in [-0.05, 0) is 11.6 Å². The number of rotatable bonds is 4. The molecular formula is C14H17FO3. The second kappa shape index (κ2) is 5.59. The Morgan fingerprint density at radius 2 is 2.06 bits per heavy atom. The fourth-order valence-corrected chi connectivity index (χ4v) is 1.82. The molecular weight excluding hydrogens is 235 g/mol. The maximum atomic E-state index is 13.9. The first-order valence-corrected chi connectivity index (χ1v) is 6.12. The van der Waals surface area contributed by atoms with Gasteiger partial charge in [-0.3, -0.25) is 4.79 Å². The van der Waals surface area contributed by atoms with E-state index in [4.69, 9.17) is 9.47 Å². The van der Waals surface area contributed by atoms with Gasteiger partial charge >= 0.3 is 0 Å². The standard InChI is InChI=1S/C14H17FO3/c1-9(2)13(16)8-10-3-4-11(12(15)7-10)14-17-5-6-18-14/h3-4,7,9,14H,5-6,8H2,1-2H3. The van der Waals surface area contributed by atoms with Crippen LogP contribution in [0.25, 0.3) is 0 Å². The predicted molar refractivity (Wildman–Crippen MR) is 64.6 cm³/mol. The minimum atomic E-state index is -0.611. The van der Waals surface area contributed by atoms with Crippen molar-refractivity contribution < 1.29 is 18.7 Å². The van der Waals surface area contributed by atoms with Crippen molar-refractivity contribution in [2.75, 3.05) is 13.2 Å². The molecule has 2 rings (SSSR count). The Labute approximate surface area is 106 Å². The molecule has 1 heterocycles. The highest BCUT2D eigenvalue weighted by molar-refractivity contribution is 5.82. The van der Waals surface area contributed by atoms with Crippen LogP contribution in [0.2, 0.25) is 0 Å². The average Bonchev–Trinajstić information content (AvgIpc) is 2.82. The third-order valence-corrected chi connectivity index (χ3v) is 2.96. The van der Waals surface area contributed by atoms with Crippen LogP contribution in [0, 0.1) is 11.7 Å². The summed E-state index contributed by atoms with van der Waals surface area (Å²) in [5.41, 5.74) is 1.08. The molecule has 3 nitrogen and oxygen atoms in total. The van der Waals surface area contributed by atoms with E-state index in [1.165, 1.54) is 6.07 Å². The van der Waals surface area contributed by atoms with Crippen LogP contribution in [0.3, 0.4) is 0 Å². The van der Waals surface area contributed by atoms with Gasteiger partial charge in [0.25, 0.3) is 0 Å². The first-order valence-electron chi connectivity index (χ1n) is 6.12. The molecule has 0 saturated carbocycles. The zero-order valence-electron chi connectivity index (χ0n) is 10.6. The lowest BCUT2D eigenvalue weighted by atomic mass is 10.00. The Balaban J connectivity index is 2.11. The zero-order chi connectivity index (χ0) is 13.1. The average molecular weight is 252 g/mol. The molecule has 1 aliphatic heterocycles. The largest absolute Gasteiger partial charge is 0.346 e. The maximum absolute atomic E-state index is 13.9. The van der Waals surface area contributed by atoms with Gasteiger partial charge in [0.2, 0.25) is 0 Å². The molecule has 0 N–H and O–H groups in total. The van der Waals surface area contributed by atoms with Gasteiger partial charge in [-0.15, -0.1) is 0 Å². The van der Waals surface area contributed by atoms with Crippen molar-refractivity contribution in [2.24, 2.45) is 5.92 Å². The minimum Gasteiger partial charge on any atom is -0.346 e. The van der Waals surface area contributed by atoms with Crippen LogP contribution < -0.4 is 0 Å². The molecule has 0 aliphatic carbocycles. The van der Waals surface area contributed by atoms with Gasteiger partial charge in [0.15, 0.2) is 6.29 Å². The van der Waals surface area contributed by atoms with E-state index in [0.29, 0.717) is 24.3 Å². The normalized spacial score (nSPS) is 16.4. The second-order valence-electron chi connectivity index (χ2n) is 4.73. The van der Waals surface area contributed by atoms with Crippen molar-refractivity contribution in [3.63, 3.8) is 0 Å². The Morgan fingerprint density at radius 1 is 1.39 bits per heavy atom. The third kappa shape index (κ3) is 2.94. The van der Waals surface area contributed by atoms with E-state index >= 15 is 0 Å². The topological polar surface area (TPSA) is 35.5 Å². The van der Waals surface area contributed by atoms with Gasteiger partial charge in [-0.25, -0.2) is 4.39 Å². The first kappa shape index (κ1) is 13.2. The van der Waals surface area contributed by atoms with Crippen LogP contribution in [-0.2, 0) is 20.7 Å². The van der Waals surface area contributed by atoms with Crippen LogP contribution in [0.15, 0.2) is 18.2 Å². The van der Waals surface area contributed by atoms with Gasteiger partial charge in [0.1, 0.15) is 11.6 Å². The van der Waals surface area contributed by atoms with Crippen molar-refractivity contribution in [2.45, 2.75) is 26.6 Å². The van der Waals surface area contributed by atoms with Crippen molar-refractivity contribution in [3.05, 3.63) is 35.1 Å². The molecule has 0 radical (unpaired) electrons. The molecule has 1 fully saturated rings. The van der Waals surface area contributed by atoms with Crippen LogP contribution in [0.4, 0.5) is 4.39 Å². The summed E-state index contributed by atoms with van der Waals surface area (Å²) in [6.45, 7) is 4.65. The van der Waals surface area contributed by atoms with Crippen LogP contribution in [-0.4, -0.2) is 19.0 Å². The molecule has 0 amide bonds. The number of halogens is 1. The van der Waals surface area contributed by atoms with Gasteiger partial charge in [-0.1, -0.05) is 26.0 Å². The lowest BCUT2D eigenvalue weighted by molar-refractivity contribution is -0.121. The number of hydrogen-bond acceptors (Lipinski definition) is 3. The van der Waals surface area contributed by atoms with Crippen LogP contribution in [0.1, 0.15) is 31.3 Å². The first-order chi connectivity index (χ1) is 8.58. The number of hydrogen-bond donors (Lipinski definition) is 0. The number of ketones is 1. The van der Waals surface area contributed by atoms with Crippen LogP contribution in [0.5, 0.6) is 0 Å². The van der Waals surface area contributed by atoms with Crippen molar-refractivity contribution >= 4 is 5.78 Å². The fraction of sp³-hybridized carbons (Fsp3) is 0.500. The van der Waals surface area contributed by atoms with E-state index in [1.807, 2.05) is 13.8 Å². The molecule has 1 aromatic carbocycles. The molecule has 0 unspecified atom stereocenters. The molecule has 98 valence electrons. The van der Waals surface area contributed by atoms with E-state index in [1.54, 1.807) is 12.1 Å². The summed E-state index contributed by atoms with van der Waals surface area (Å²) in [7, 11) is 0. The quantitative estimate of drug-likeness (QED) is 0.826. The van der Waals surface area contributed by atoms with E-state index in [2.05, 4.69) is 0 Å². The second-order valence-corrected chi connectivity index (χ2v) is 4.73. The SMILES string of the molecule is CC(C)C(=O)Cc1ccc(C2OCCO2)c(F)c1. The lowest BCUT2D eigenvalue weighted by Crippen LogP contribution is -2.11. The third-order valence-electron chi connectivity index (χ3n) is 2.96. The summed E-state index contributed by atoms with van der Waals surface area (Å²) >= 11 is 0. The van der Waals surface area contributed by atoms with Crippen LogP contribution >= 0.6 is 0 Å². The van der Waals surface area contributed by atoms with E-state index in [0.717, 1.165) is 0 Å². The number of ether oxygens (including phenoxy) is 2. The molecule has 0 aromatic heterocycles. The van der Waals surface area contributed by atoms with Gasteiger partial charge in [0.05, 0.1) is 13.2 Å². The molecule has 0 atom stereocenters. The maximum Gasteiger partial charge on any atom is 0.186 e. The fourth-order valence-electron chi connectivity index (χ4n) is 1.82. The predicted octanol–water partition coefficient (Wildman–Crippen LogP) is 2.64. The molecule has 18 heavy (non-hydrogen) atoms. The van der Waals surface area contributed by atoms with Crippen molar-refractivity contribution in [3.8, 4) is 0 Å². The highest BCUT2D eigenvalue weighted by Crippen LogP contribution is 2.26. The molecule has 0 bridgehead atoms. The molecule has 0 spiro atoms. The summed E-state index contributed by atoms with van der Waals surface area (Å²) in [6.07, 6.45) is -0.346. The Bertz CT molecular complexity index is 437. The molecule has 1 saturated heterocycles. The molecule has 1 aromatic rings. The number of carbonyl (C=O) groups is 1. The monoisotopic (exact) mass is 252 g/mol. The molecule has 1 aliphatic rings. The van der Waals surface area contributed by atoms with Gasteiger partial charge in [0, 0.05) is 17.9 Å². The zero-order valence-corrected chi connectivity index (χ0v) is 10.6. The smallest absolute Gasteiger partial charge is 0.186 e. The molecule has 4 heteroatoms. The van der Waals surface area contributed by atoms with E-state index in [9.17, 15) is 9.18 Å². The number of carbonyl (C=O) groups excluding carboxylic acids is 1. The van der Waals surface area contributed by atoms with E-state index in [-0.39, 0.29) is 23.9 Å². The van der Waals surface area contributed by atoms with Gasteiger partial charge in [-0.2, -0.15) is 0 Å². The summed E-state index contributed by atoms with van der Waals surface area (Å²) in [5.74, 6) is -0.305. The minimum absolute atomic E-state index is 0.0331. The summed E-state index contributed by atoms with van der Waals surface area (Å²) in [5, 5.41) is 0. The van der Waals surface area contributed by atoms with Crippen molar-refractivity contribution in [1.29, 1.82) is 0 Å². The Morgan fingerprint density at radius 3 is 2.61 bits per heavy atom. The summed E-state index contributed by atoms with van der Waals surface area (Å²) in [4.78, 5) is 11.6. The number of Topliss-reactive ketones (excluding diaryl/α,β-unsaturated/α-hetero) is 1. The lowest BCUT2D eigenvalue weighted by Gasteiger charge is -2.11. The highest BCUT2D eigenvalue weighted by Gasteiger charge is 2.22.